The number of halogens is 3. The molecule has 2 nitrogen and oxygen atoms in total. The van der Waals surface area contributed by atoms with Crippen LogP contribution in [0.2, 0.25) is 0 Å². The predicted octanol–water partition coefficient (Wildman–Crippen LogP) is 4.23. The van der Waals surface area contributed by atoms with Crippen molar-refractivity contribution in [3.8, 4) is 0 Å². The minimum Gasteiger partial charge on any atom is -0.342 e. The monoisotopic (exact) mass is 300 g/mol. The summed E-state index contributed by atoms with van der Waals surface area (Å²) in [7, 11) is 0. The van der Waals surface area contributed by atoms with Crippen molar-refractivity contribution in [3.05, 3.63) is 28.5 Å². The molecule has 1 heterocycles. The summed E-state index contributed by atoms with van der Waals surface area (Å²) in [6, 6.07) is 5.70. The van der Waals surface area contributed by atoms with Gasteiger partial charge in [0.2, 0.25) is 5.92 Å². The topological polar surface area (TPSA) is 28.7 Å². The third-order valence-electron chi connectivity index (χ3n) is 3.25. The van der Waals surface area contributed by atoms with Crippen molar-refractivity contribution in [2.75, 3.05) is 0 Å². The maximum absolute atomic E-state index is 13.2. The molecule has 0 aliphatic heterocycles. The zero-order valence-electron chi connectivity index (χ0n) is 9.01. The quantitative estimate of drug-likeness (QED) is 0.839. The van der Waals surface area contributed by atoms with Gasteiger partial charge in [-0.2, -0.15) is 0 Å². The number of benzene rings is 1. The Bertz CT molecular complexity index is 565. The number of aromatic amines is 1. The van der Waals surface area contributed by atoms with Crippen molar-refractivity contribution in [3.63, 3.8) is 0 Å². The summed E-state index contributed by atoms with van der Waals surface area (Å²) >= 11 is 3.38. The highest BCUT2D eigenvalue weighted by Gasteiger charge is 2.41. The molecule has 1 aromatic heterocycles. The Kier molecular flexibility index (Phi) is 2.47. The smallest absolute Gasteiger partial charge is 0.248 e. The van der Waals surface area contributed by atoms with Crippen LogP contribution < -0.4 is 0 Å². The molecule has 3 rings (SSSR count). The molecule has 5 heteroatoms. The van der Waals surface area contributed by atoms with Crippen LogP contribution >= 0.6 is 15.9 Å². The van der Waals surface area contributed by atoms with Crippen molar-refractivity contribution >= 4 is 27.0 Å². The fourth-order valence-corrected chi connectivity index (χ4v) is 2.74. The fourth-order valence-electron chi connectivity index (χ4n) is 2.38. The van der Waals surface area contributed by atoms with Crippen molar-refractivity contribution in [2.45, 2.75) is 31.1 Å². The minimum atomic E-state index is -2.52. The average molecular weight is 301 g/mol. The summed E-state index contributed by atoms with van der Waals surface area (Å²) in [6.45, 7) is 0. The maximum Gasteiger partial charge on any atom is 0.248 e. The molecule has 1 saturated carbocycles. The van der Waals surface area contributed by atoms with E-state index in [0.717, 1.165) is 15.5 Å². The number of fused-ring (bicyclic) bond motifs is 1. The average Bonchev–Trinajstić information content (AvgIpc) is 2.80. The van der Waals surface area contributed by atoms with Gasteiger partial charge in [-0.05, 0) is 24.6 Å². The Hall–Kier alpha value is -0.970. The maximum atomic E-state index is 13.2. The van der Waals surface area contributed by atoms with Crippen LogP contribution in [0.1, 0.15) is 31.0 Å². The van der Waals surface area contributed by atoms with E-state index in [2.05, 4.69) is 25.9 Å². The minimum absolute atomic E-state index is 0.0294. The Morgan fingerprint density at radius 2 is 2.24 bits per heavy atom. The zero-order chi connectivity index (χ0) is 12.0. The van der Waals surface area contributed by atoms with E-state index in [-0.39, 0.29) is 18.8 Å². The Morgan fingerprint density at radius 1 is 1.41 bits per heavy atom. The highest BCUT2D eigenvalue weighted by Crippen LogP contribution is 2.43. The van der Waals surface area contributed by atoms with Gasteiger partial charge in [-0.15, -0.1) is 0 Å². The standard InChI is InChI=1S/C12H11BrF2N2/c13-8-1-2-9-10(5-8)17-11(16-9)7-3-4-12(14,15)6-7/h1-2,5,7H,3-4,6H2,(H,16,17). The molecule has 0 spiro atoms. The van der Waals surface area contributed by atoms with E-state index in [1.165, 1.54) is 0 Å². The number of imidazole rings is 1. The number of nitrogens with zero attached hydrogens (tertiary/aromatic N) is 1. The molecule has 0 amide bonds. The third kappa shape index (κ3) is 2.08. The lowest BCUT2D eigenvalue weighted by Gasteiger charge is -2.07. The van der Waals surface area contributed by atoms with Crippen molar-refractivity contribution in [2.24, 2.45) is 0 Å². The van der Waals surface area contributed by atoms with E-state index in [9.17, 15) is 8.78 Å². The number of nitrogens with one attached hydrogen (secondary N) is 1. The molecule has 0 saturated heterocycles. The third-order valence-corrected chi connectivity index (χ3v) is 3.75. The van der Waals surface area contributed by atoms with Crippen LogP contribution in [-0.4, -0.2) is 15.9 Å². The molecule has 1 N–H and O–H groups in total. The lowest BCUT2D eigenvalue weighted by molar-refractivity contribution is 0.00756. The molecule has 0 radical (unpaired) electrons. The summed E-state index contributed by atoms with van der Waals surface area (Å²) in [6.07, 6.45) is 0.389. The number of aromatic nitrogens is 2. The van der Waals surface area contributed by atoms with Gasteiger partial charge >= 0.3 is 0 Å². The van der Waals surface area contributed by atoms with Crippen LogP contribution in [0.25, 0.3) is 11.0 Å². The van der Waals surface area contributed by atoms with Crippen LogP contribution in [0.15, 0.2) is 22.7 Å². The van der Waals surface area contributed by atoms with Crippen LogP contribution in [0, 0.1) is 0 Å². The molecular weight excluding hydrogens is 290 g/mol. The summed E-state index contributed by atoms with van der Waals surface area (Å²) < 4.78 is 27.3. The second-order valence-electron chi connectivity index (χ2n) is 4.58. The van der Waals surface area contributed by atoms with E-state index in [1.54, 1.807) is 0 Å². The molecular formula is C12H11BrF2N2. The van der Waals surface area contributed by atoms with Gasteiger partial charge in [-0.25, -0.2) is 13.8 Å². The fraction of sp³-hybridized carbons (Fsp3) is 0.417. The lowest BCUT2D eigenvalue weighted by Crippen LogP contribution is -2.09. The number of rotatable bonds is 1. The second kappa shape index (κ2) is 3.77. The molecule has 0 bridgehead atoms. The molecule has 1 aliphatic rings. The Balaban J connectivity index is 1.96. The van der Waals surface area contributed by atoms with Gasteiger partial charge in [-0.3, -0.25) is 0 Å². The van der Waals surface area contributed by atoms with Gasteiger partial charge in [0.25, 0.3) is 0 Å². The predicted molar refractivity (Wildman–Crippen MR) is 65.3 cm³/mol. The van der Waals surface area contributed by atoms with Crippen LogP contribution in [0.4, 0.5) is 8.78 Å². The van der Waals surface area contributed by atoms with Gasteiger partial charge in [-0.1, -0.05) is 15.9 Å². The van der Waals surface area contributed by atoms with E-state index >= 15 is 0 Å². The number of alkyl halides is 2. The summed E-state index contributed by atoms with van der Waals surface area (Å²) in [5.41, 5.74) is 1.73. The molecule has 1 aliphatic carbocycles. The first-order valence-electron chi connectivity index (χ1n) is 5.56. The van der Waals surface area contributed by atoms with E-state index in [0.29, 0.717) is 12.2 Å². The van der Waals surface area contributed by atoms with Crippen LogP contribution in [0.3, 0.4) is 0 Å². The van der Waals surface area contributed by atoms with Crippen molar-refractivity contribution in [1.29, 1.82) is 0 Å². The Morgan fingerprint density at radius 3 is 2.94 bits per heavy atom. The van der Waals surface area contributed by atoms with Crippen LogP contribution in [-0.2, 0) is 0 Å². The van der Waals surface area contributed by atoms with Crippen molar-refractivity contribution < 1.29 is 8.78 Å². The molecule has 1 atom stereocenters. The van der Waals surface area contributed by atoms with E-state index in [4.69, 9.17) is 0 Å². The largest absolute Gasteiger partial charge is 0.342 e. The summed E-state index contributed by atoms with van der Waals surface area (Å²) in [5.74, 6) is -1.98. The van der Waals surface area contributed by atoms with Gasteiger partial charge < -0.3 is 4.98 Å². The van der Waals surface area contributed by atoms with Gasteiger partial charge in [0.05, 0.1) is 11.0 Å². The number of H-pyrrole nitrogens is 1. The highest BCUT2D eigenvalue weighted by molar-refractivity contribution is 9.10. The van der Waals surface area contributed by atoms with Crippen molar-refractivity contribution in [1.82, 2.24) is 9.97 Å². The molecule has 1 aromatic carbocycles. The van der Waals surface area contributed by atoms with Gasteiger partial charge in [0.15, 0.2) is 0 Å². The van der Waals surface area contributed by atoms with Crippen LogP contribution in [0.5, 0.6) is 0 Å². The number of hydrogen-bond acceptors (Lipinski definition) is 1. The second-order valence-corrected chi connectivity index (χ2v) is 5.49. The molecule has 2 aromatic rings. The van der Waals surface area contributed by atoms with E-state index in [1.807, 2.05) is 18.2 Å². The first kappa shape index (κ1) is 11.1. The normalized spacial score (nSPS) is 23.4. The van der Waals surface area contributed by atoms with Gasteiger partial charge in [0, 0.05) is 23.2 Å². The molecule has 1 unspecified atom stereocenters. The summed E-state index contributed by atoms with van der Waals surface area (Å²) in [4.78, 5) is 7.53. The highest BCUT2D eigenvalue weighted by atomic mass is 79.9. The Labute approximate surface area is 106 Å². The molecule has 17 heavy (non-hydrogen) atoms. The first-order valence-corrected chi connectivity index (χ1v) is 6.36. The SMILES string of the molecule is FC1(F)CCC(c2nc3ccc(Br)cc3[nH]2)C1. The van der Waals surface area contributed by atoms with E-state index < -0.39 is 5.92 Å². The first-order chi connectivity index (χ1) is 8.03. The molecule has 1 fully saturated rings. The number of hydrogen-bond donors (Lipinski definition) is 1. The van der Waals surface area contributed by atoms with Gasteiger partial charge in [0.1, 0.15) is 5.82 Å². The zero-order valence-corrected chi connectivity index (χ0v) is 10.6. The molecule has 90 valence electrons. The summed E-state index contributed by atoms with van der Waals surface area (Å²) in [5, 5.41) is 0. The lowest BCUT2D eigenvalue weighted by atomic mass is 10.1.